The molecule has 1 aromatic heterocycles. The minimum atomic E-state index is -5.45. The number of hydrogen-bond acceptors (Lipinski definition) is 6. The van der Waals surface area contributed by atoms with E-state index in [1.807, 2.05) is 0 Å². The quantitative estimate of drug-likeness (QED) is 0.219. The third kappa shape index (κ3) is 5.59. The van der Waals surface area contributed by atoms with Crippen LogP contribution in [0.25, 0.3) is 17.2 Å². The number of nitrogens with zero attached hydrogens (tertiary/aromatic N) is 4. The van der Waals surface area contributed by atoms with Gasteiger partial charge in [-0.05, 0) is 30.3 Å². The first-order chi connectivity index (χ1) is 16.5. The van der Waals surface area contributed by atoms with Crippen LogP contribution in [0.15, 0.2) is 60.6 Å². The maximum absolute atomic E-state index is 13.2. The summed E-state index contributed by atoms with van der Waals surface area (Å²) in [5.74, 6) is 1.66. The molecule has 2 aromatic carbocycles. The summed E-state index contributed by atoms with van der Waals surface area (Å²) in [6, 6.07) is 7.54. The van der Waals surface area contributed by atoms with Gasteiger partial charge in [0.1, 0.15) is 12.0 Å². The van der Waals surface area contributed by atoms with Gasteiger partial charge in [-0.3, -0.25) is 9.80 Å². The molecule has 0 saturated carbocycles. The number of halogens is 9. The Hall–Kier alpha value is -4.08. The average molecular weight is 524 g/mol. The lowest BCUT2D eigenvalue weighted by Gasteiger charge is -2.23. The summed E-state index contributed by atoms with van der Waals surface area (Å²) in [5.41, 5.74) is -0.141. The van der Waals surface area contributed by atoms with Crippen molar-refractivity contribution < 1.29 is 44.3 Å². The summed E-state index contributed by atoms with van der Waals surface area (Å²) in [6.45, 7) is 0. The largest absolute Gasteiger partial charge is 0.456 e. The molecule has 192 valence electrons. The Bertz CT molecular complexity index is 1260. The predicted molar refractivity (Wildman–Crippen MR) is 107 cm³/mol. The van der Waals surface area contributed by atoms with E-state index in [1.54, 1.807) is 0 Å². The molecule has 4 N–H and O–H groups in total. The molecular weight excluding hydrogens is 511 g/mol. The summed E-state index contributed by atoms with van der Waals surface area (Å²) in [7, 11) is 0. The highest BCUT2D eigenvalue weighted by Crippen LogP contribution is 2.38. The van der Waals surface area contributed by atoms with Crippen molar-refractivity contribution in [2.24, 2.45) is 11.6 Å². The number of nitrogens with two attached hydrogens (primary N) is 2. The van der Waals surface area contributed by atoms with E-state index in [0.29, 0.717) is 28.2 Å². The Morgan fingerprint density at radius 3 is 1.86 bits per heavy atom. The maximum atomic E-state index is 13.2. The average Bonchev–Trinajstić information content (AvgIpc) is 3.26. The van der Waals surface area contributed by atoms with Gasteiger partial charge in [-0.1, -0.05) is 18.2 Å². The molecule has 0 aliphatic rings. The molecule has 0 unspecified atom stereocenters. The number of hydrogen-bond donors (Lipinski definition) is 2. The van der Waals surface area contributed by atoms with Crippen LogP contribution in [0.4, 0.5) is 45.2 Å². The first kappa shape index (κ1) is 26.5. The van der Waals surface area contributed by atoms with Crippen LogP contribution in [-0.4, -0.2) is 26.7 Å². The number of aromatic nitrogens is 3. The standard InChI is InChI=1S/C20H13F9N6O/c21-18(22,23)11-6-10(7-12(8-11)19(24,25)26)16-32-9-34(33-16)17(14(30)15(36)20(27,28)29)35(31)13-4-2-1-3-5-13/h1-9H,30-31H2/b17-14-. The normalized spacial score (nSPS) is 13.4. The van der Waals surface area contributed by atoms with Crippen molar-refractivity contribution >= 4 is 17.3 Å². The first-order valence-electron chi connectivity index (χ1n) is 9.43. The number of carbonyl (C=O) groups excluding carboxylic acids is 1. The minimum Gasteiger partial charge on any atom is -0.392 e. The lowest BCUT2D eigenvalue weighted by molar-refractivity contribution is -0.166. The van der Waals surface area contributed by atoms with E-state index < -0.39 is 58.3 Å². The molecule has 1 heterocycles. The molecule has 0 saturated heterocycles. The number of Topliss-reactive ketones (excluding diaryl/α,β-unsaturated/α-hetero) is 1. The van der Waals surface area contributed by atoms with Gasteiger partial charge in [-0.25, -0.2) is 15.5 Å². The fourth-order valence-corrected chi connectivity index (χ4v) is 2.91. The molecule has 16 heteroatoms. The Balaban J connectivity index is 2.20. The third-order valence-electron chi connectivity index (χ3n) is 4.56. The zero-order valence-electron chi connectivity index (χ0n) is 17.4. The van der Waals surface area contributed by atoms with Crippen LogP contribution in [0.5, 0.6) is 0 Å². The fraction of sp³-hybridized carbons (Fsp3) is 0.150. The number of hydrazine groups is 1. The number of allylic oxidation sites excluding steroid dienone is 1. The second-order valence-electron chi connectivity index (χ2n) is 7.08. The molecule has 0 aliphatic carbocycles. The highest BCUT2D eigenvalue weighted by molar-refractivity contribution is 6.04. The molecule has 0 spiro atoms. The first-order valence-corrected chi connectivity index (χ1v) is 9.43. The van der Waals surface area contributed by atoms with Gasteiger partial charge in [0.05, 0.1) is 16.8 Å². The second kappa shape index (κ2) is 9.18. The Labute approximate surface area is 195 Å². The van der Waals surface area contributed by atoms with Crippen LogP contribution in [0, 0.1) is 0 Å². The molecule has 36 heavy (non-hydrogen) atoms. The molecule has 3 rings (SSSR count). The Morgan fingerprint density at radius 2 is 1.39 bits per heavy atom. The van der Waals surface area contributed by atoms with Crippen molar-refractivity contribution in [3.05, 3.63) is 71.7 Å². The zero-order chi connectivity index (χ0) is 27.1. The number of ketones is 1. The Kier molecular flexibility index (Phi) is 6.76. The van der Waals surface area contributed by atoms with Gasteiger partial charge in [0.2, 0.25) is 0 Å². The lowest BCUT2D eigenvalue weighted by Crippen LogP contribution is -2.38. The van der Waals surface area contributed by atoms with E-state index in [0.717, 1.165) is 0 Å². The van der Waals surface area contributed by atoms with Crippen molar-refractivity contribution in [2.45, 2.75) is 18.5 Å². The molecule has 0 bridgehead atoms. The smallest absolute Gasteiger partial charge is 0.392 e. The van der Waals surface area contributed by atoms with E-state index in [2.05, 4.69) is 10.1 Å². The zero-order valence-corrected chi connectivity index (χ0v) is 17.4. The highest BCUT2D eigenvalue weighted by Gasteiger charge is 2.42. The van der Waals surface area contributed by atoms with Crippen LogP contribution in [0.3, 0.4) is 0 Å². The van der Waals surface area contributed by atoms with Gasteiger partial charge < -0.3 is 5.73 Å². The number of alkyl halides is 9. The number of para-hydroxylation sites is 1. The van der Waals surface area contributed by atoms with Crippen LogP contribution >= 0.6 is 0 Å². The molecule has 0 radical (unpaired) electrons. The van der Waals surface area contributed by atoms with Crippen molar-refractivity contribution in [3.63, 3.8) is 0 Å². The lowest BCUT2D eigenvalue weighted by atomic mass is 10.0. The van der Waals surface area contributed by atoms with Gasteiger partial charge >= 0.3 is 18.5 Å². The van der Waals surface area contributed by atoms with Crippen molar-refractivity contribution in [3.8, 4) is 11.4 Å². The number of anilines is 1. The topological polar surface area (TPSA) is 103 Å². The van der Waals surface area contributed by atoms with Crippen LogP contribution < -0.4 is 16.6 Å². The van der Waals surface area contributed by atoms with Crippen molar-refractivity contribution in [1.29, 1.82) is 0 Å². The van der Waals surface area contributed by atoms with E-state index in [9.17, 15) is 44.3 Å². The molecule has 0 amide bonds. The molecule has 3 aromatic rings. The van der Waals surface area contributed by atoms with Crippen LogP contribution in [-0.2, 0) is 17.1 Å². The summed E-state index contributed by atoms with van der Waals surface area (Å²) >= 11 is 0. The molecule has 0 fully saturated rings. The van der Waals surface area contributed by atoms with Gasteiger partial charge in [0, 0.05) is 5.56 Å². The summed E-state index contributed by atoms with van der Waals surface area (Å²) in [4.78, 5) is 15.4. The minimum absolute atomic E-state index is 0.000834. The second-order valence-corrected chi connectivity index (χ2v) is 7.08. The van der Waals surface area contributed by atoms with Gasteiger partial charge in [0.25, 0.3) is 5.78 Å². The van der Waals surface area contributed by atoms with E-state index in [1.165, 1.54) is 30.3 Å². The SMILES string of the molecule is N/C(C(=O)C(F)(F)F)=C(\N(N)c1ccccc1)n1cnc(-c2cc(C(F)(F)F)cc(C(F)(F)F)c2)n1. The maximum Gasteiger partial charge on any atom is 0.456 e. The van der Waals surface area contributed by atoms with Crippen LogP contribution in [0.1, 0.15) is 11.1 Å². The van der Waals surface area contributed by atoms with Gasteiger partial charge in [-0.15, -0.1) is 5.10 Å². The molecule has 0 aliphatic heterocycles. The van der Waals surface area contributed by atoms with E-state index >= 15 is 0 Å². The number of carbonyl (C=O) groups is 1. The van der Waals surface area contributed by atoms with E-state index in [4.69, 9.17) is 11.6 Å². The molecular formula is C20H13F9N6O. The fourth-order valence-electron chi connectivity index (χ4n) is 2.91. The molecule has 7 nitrogen and oxygen atoms in total. The monoisotopic (exact) mass is 524 g/mol. The van der Waals surface area contributed by atoms with E-state index in [-0.39, 0.29) is 11.8 Å². The highest BCUT2D eigenvalue weighted by atomic mass is 19.4. The van der Waals surface area contributed by atoms with Gasteiger partial charge in [0.15, 0.2) is 11.6 Å². The number of benzene rings is 2. The summed E-state index contributed by atoms with van der Waals surface area (Å²) in [6.07, 6.45) is -15.2. The van der Waals surface area contributed by atoms with Gasteiger partial charge in [-0.2, -0.15) is 39.5 Å². The Morgan fingerprint density at radius 1 is 0.861 bits per heavy atom. The number of rotatable bonds is 5. The predicted octanol–water partition coefficient (Wildman–Crippen LogP) is 4.58. The van der Waals surface area contributed by atoms with Crippen LogP contribution in [0.2, 0.25) is 0 Å². The third-order valence-corrected chi connectivity index (χ3v) is 4.56. The summed E-state index contributed by atoms with van der Waals surface area (Å²) in [5, 5.41) is 4.17. The van der Waals surface area contributed by atoms with Crippen molar-refractivity contribution in [1.82, 2.24) is 14.8 Å². The van der Waals surface area contributed by atoms with Crippen molar-refractivity contribution in [2.75, 3.05) is 5.01 Å². The molecule has 0 atom stereocenters. The summed E-state index contributed by atoms with van der Waals surface area (Å²) < 4.78 is 119.